The lowest BCUT2D eigenvalue weighted by molar-refractivity contribution is -0.0778. The molecule has 1 heterocycles. The van der Waals surface area contributed by atoms with Crippen molar-refractivity contribution in [1.82, 2.24) is 0 Å². The highest BCUT2D eigenvalue weighted by Crippen LogP contribution is 2.44. The molecule has 1 aliphatic rings. The summed E-state index contributed by atoms with van der Waals surface area (Å²) in [7, 11) is 0. The molecule has 0 saturated carbocycles. The molecule has 0 amide bonds. The first-order valence-electron chi connectivity index (χ1n) is 7.32. The Morgan fingerprint density at radius 3 is 2.45 bits per heavy atom. The minimum absolute atomic E-state index is 0.129. The molecule has 0 bridgehead atoms. The maximum absolute atomic E-state index is 5.94. The van der Waals surface area contributed by atoms with E-state index in [0.717, 1.165) is 19.6 Å². The quantitative estimate of drug-likeness (QED) is 0.922. The van der Waals surface area contributed by atoms with E-state index >= 15 is 0 Å². The lowest BCUT2D eigenvalue weighted by atomic mass is 9.67. The summed E-state index contributed by atoms with van der Waals surface area (Å²) in [6.45, 7) is 6.82. The van der Waals surface area contributed by atoms with Crippen molar-refractivity contribution in [3.63, 3.8) is 0 Å². The van der Waals surface area contributed by atoms with Crippen molar-refractivity contribution in [3.8, 4) is 0 Å². The van der Waals surface area contributed by atoms with Crippen LogP contribution in [0.15, 0.2) is 42.5 Å². The fourth-order valence-electron chi connectivity index (χ4n) is 3.38. The van der Waals surface area contributed by atoms with Crippen LogP contribution >= 0.6 is 0 Å². The van der Waals surface area contributed by atoms with Crippen molar-refractivity contribution in [3.05, 3.63) is 48.0 Å². The third-order valence-corrected chi connectivity index (χ3v) is 4.49. The first-order chi connectivity index (χ1) is 9.56. The highest BCUT2D eigenvalue weighted by molar-refractivity contribution is 5.86. The monoisotopic (exact) mass is 269 g/mol. The molecule has 2 aromatic rings. The van der Waals surface area contributed by atoms with E-state index in [0.29, 0.717) is 6.54 Å². The molecule has 20 heavy (non-hydrogen) atoms. The Balaban J connectivity index is 2.08. The van der Waals surface area contributed by atoms with Crippen LogP contribution in [0.2, 0.25) is 0 Å². The number of fused-ring (bicyclic) bond motifs is 1. The van der Waals surface area contributed by atoms with Crippen LogP contribution in [0.5, 0.6) is 0 Å². The predicted octanol–water partition coefficient (Wildman–Crippen LogP) is 3.48. The zero-order valence-electron chi connectivity index (χ0n) is 12.4. The number of nitrogens with two attached hydrogens (primary N) is 1. The summed E-state index contributed by atoms with van der Waals surface area (Å²) in [5.74, 6) is 0. The van der Waals surface area contributed by atoms with Crippen LogP contribution in [0.1, 0.15) is 25.8 Å². The number of ether oxygens (including phenoxy) is 1. The first kappa shape index (κ1) is 13.6. The molecule has 0 spiro atoms. The standard InChI is InChI=1S/C18H23NO/c1-17(2,11-19)10-18(12-20-13-18)16-9-5-7-14-6-3-4-8-15(14)16/h3-9H,10-13,19H2,1-2H3. The lowest BCUT2D eigenvalue weighted by Gasteiger charge is -2.46. The third-order valence-electron chi connectivity index (χ3n) is 4.49. The highest BCUT2D eigenvalue weighted by Gasteiger charge is 2.44. The largest absolute Gasteiger partial charge is 0.379 e. The second-order valence-corrected chi connectivity index (χ2v) is 6.84. The van der Waals surface area contributed by atoms with Crippen molar-refractivity contribution in [1.29, 1.82) is 0 Å². The summed E-state index contributed by atoms with van der Waals surface area (Å²) in [6, 6.07) is 15.2. The summed E-state index contributed by atoms with van der Waals surface area (Å²) in [5, 5.41) is 2.66. The van der Waals surface area contributed by atoms with Crippen molar-refractivity contribution in [2.24, 2.45) is 11.1 Å². The van der Waals surface area contributed by atoms with Gasteiger partial charge in [0.25, 0.3) is 0 Å². The van der Waals surface area contributed by atoms with Crippen molar-refractivity contribution < 1.29 is 4.74 Å². The Morgan fingerprint density at radius 2 is 1.80 bits per heavy atom. The minimum atomic E-state index is 0.129. The minimum Gasteiger partial charge on any atom is -0.379 e. The third kappa shape index (κ3) is 2.23. The Labute approximate surface area is 120 Å². The van der Waals surface area contributed by atoms with Gasteiger partial charge in [-0.25, -0.2) is 0 Å². The van der Waals surface area contributed by atoms with Gasteiger partial charge < -0.3 is 10.5 Å². The van der Waals surface area contributed by atoms with E-state index in [2.05, 4.69) is 56.3 Å². The molecule has 106 valence electrons. The maximum Gasteiger partial charge on any atom is 0.0586 e. The van der Waals surface area contributed by atoms with Crippen LogP contribution in [-0.4, -0.2) is 19.8 Å². The van der Waals surface area contributed by atoms with Crippen molar-refractivity contribution in [2.45, 2.75) is 25.7 Å². The van der Waals surface area contributed by atoms with E-state index in [4.69, 9.17) is 10.5 Å². The zero-order chi connectivity index (χ0) is 14.2. The second-order valence-electron chi connectivity index (χ2n) is 6.84. The van der Waals surface area contributed by atoms with Gasteiger partial charge >= 0.3 is 0 Å². The van der Waals surface area contributed by atoms with Crippen LogP contribution in [0.4, 0.5) is 0 Å². The Bertz CT molecular complexity index is 608. The molecule has 3 rings (SSSR count). The lowest BCUT2D eigenvalue weighted by Crippen LogP contribution is -2.50. The molecule has 0 radical (unpaired) electrons. The zero-order valence-corrected chi connectivity index (χ0v) is 12.4. The van der Waals surface area contributed by atoms with Crippen LogP contribution < -0.4 is 5.73 Å². The number of hydrogen-bond donors (Lipinski definition) is 1. The van der Waals surface area contributed by atoms with Crippen LogP contribution in [0.3, 0.4) is 0 Å². The van der Waals surface area contributed by atoms with E-state index in [1.54, 1.807) is 0 Å². The smallest absolute Gasteiger partial charge is 0.0586 e. The average Bonchev–Trinajstić information content (AvgIpc) is 2.42. The van der Waals surface area contributed by atoms with E-state index in [-0.39, 0.29) is 10.8 Å². The Hall–Kier alpha value is -1.38. The molecule has 2 nitrogen and oxygen atoms in total. The van der Waals surface area contributed by atoms with Gasteiger partial charge in [0.2, 0.25) is 0 Å². The second kappa shape index (κ2) is 4.87. The van der Waals surface area contributed by atoms with Crippen molar-refractivity contribution >= 4 is 10.8 Å². The molecule has 0 aromatic heterocycles. The topological polar surface area (TPSA) is 35.2 Å². The molecule has 2 aromatic carbocycles. The van der Waals surface area contributed by atoms with E-state index in [1.807, 2.05) is 0 Å². The van der Waals surface area contributed by atoms with Crippen LogP contribution in [0.25, 0.3) is 10.8 Å². The van der Waals surface area contributed by atoms with Gasteiger partial charge in [0.05, 0.1) is 13.2 Å². The molecular weight excluding hydrogens is 246 g/mol. The Kier molecular flexibility index (Phi) is 3.31. The summed E-state index contributed by atoms with van der Waals surface area (Å²) in [5.41, 5.74) is 7.63. The fourth-order valence-corrected chi connectivity index (χ4v) is 3.38. The van der Waals surface area contributed by atoms with E-state index in [9.17, 15) is 0 Å². The average molecular weight is 269 g/mol. The van der Waals surface area contributed by atoms with E-state index in [1.165, 1.54) is 16.3 Å². The molecule has 1 aliphatic heterocycles. The van der Waals surface area contributed by atoms with Gasteiger partial charge in [-0.2, -0.15) is 0 Å². The van der Waals surface area contributed by atoms with Gasteiger partial charge in [-0.1, -0.05) is 56.3 Å². The molecule has 0 unspecified atom stereocenters. The van der Waals surface area contributed by atoms with Gasteiger partial charge in [-0.05, 0) is 34.7 Å². The predicted molar refractivity (Wildman–Crippen MR) is 83.9 cm³/mol. The van der Waals surface area contributed by atoms with Crippen LogP contribution in [-0.2, 0) is 10.2 Å². The van der Waals surface area contributed by atoms with E-state index < -0.39 is 0 Å². The summed E-state index contributed by atoms with van der Waals surface area (Å²) >= 11 is 0. The summed E-state index contributed by atoms with van der Waals surface area (Å²) < 4.78 is 5.59. The SMILES string of the molecule is CC(C)(CN)CC1(c2cccc3ccccc23)COC1. The van der Waals surface area contributed by atoms with Crippen LogP contribution in [0, 0.1) is 5.41 Å². The van der Waals surface area contributed by atoms with Gasteiger partial charge in [0.1, 0.15) is 0 Å². The molecule has 1 fully saturated rings. The van der Waals surface area contributed by atoms with Crippen molar-refractivity contribution in [2.75, 3.05) is 19.8 Å². The highest BCUT2D eigenvalue weighted by atomic mass is 16.5. The molecule has 2 heteroatoms. The molecule has 0 atom stereocenters. The normalized spacial score (nSPS) is 17.9. The number of hydrogen-bond acceptors (Lipinski definition) is 2. The van der Waals surface area contributed by atoms with Gasteiger partial charge in [-0.3, -0.25) is 0 Å². The van der Waals surface area contributed by atoms with Gasteiger partial charge in [0.15, 0.2) is 0 Å². The number of rotatable bonds is 4. The molecule has 1 saturated heterocycles. The molecular formula is C18H23NO. The maximum atomic E-state index is 5.94. The molecule has 2 N–H and O–H groups in total. The first-order valence-corrected chi connectivity index (χ1v) is 7.32. The fraction of sp³-hybridized carbons (Fsp3) is 0.444. The molecule has 0 aliphatic carbocycles. The Morgan fingerprint density at radius 1 is 1.10 bits per heavy atom. The summed E-state index contributed by atoms with van der Waals surface area (Å²) in [4.78, 5) is 0. The van der Waals surface area contributed by atoms with Gasteiger partial charge in [0, 0.05) is 5.41 Å². The summed E-state index contributed by atoms with van der Waals surface area (Å²) in [6.07, 6.45) is 1.07. The van der Waals surface area contributed by atoms with Gasteiger partial charge in [-0.15, -0.1) is 0 Å². The number of benzene rings is 2.